The van der Waals surface area contributed by atoms with Crippen molar-refractivity contribution in [2.45, 2.75) is 0 Å². The van der Waals surface area contributed by atoms with Gasteiger partial charge < -0.3 is 14.6 Å². The molecule has 1 saturated heterocycles. The first kappa shape index (κ1) is 21.3. The monoisotopic (exact) mass is 429 g/mol. The molecule has 1 amide bonds. The summed E-state index contributed by atoms with van der Waals surface area (Å²) in [5.41, 5.74) is 0.644. The number of thioether (sulfide) groups is 1. The molecule has 0 aromatic heterocycles. The Morgan fingerprint density at radius 2 is 1.97 bits per heavy atom. The highest BCUT2D eigenvalue weighted by Gasteiger charge is 2.33. The Bertz CT molecular complexity index is 1020. The second-order valence-corrected chi connectivity index (χ2v) is 7.17. The number of methoxy groups -OCH3 is 2. The minimum Gasteiger partial charge on any atom is -0.502 e. The van der Waals surface area contributed by atoms with Crippen LogP contribution in [0.4, 0.5) is 11.4 Å². The Morgan fingerprint density at radius 1 is 1.23 bits per heavy atom. The summed E-state index contributed by atoms with van der Waals surface area (Å²) in [7, 11) is 3.11. The molecular formula is C20H19N3O6S. The minimum atomic E-state index is -0.678. The number of carbonyl (C=O) groups is 1. The molecule has 1 N–H and O–H groups in total. The standard InChI is InChI=1S/C20H19N3O6S/c1-28-10-9-22-19(25)18(12-13-3-8-17(24)16(11-13)23(26)27)30-20(22)21-14-4-6-15(29-2)7-5-14/h3-8,11-12,24H,9-10H2,1-2H3/b18-12-,21-20?. The maximum Gasteiger partial charge on any atom is 0.311 e. The van der Waals surface area contributed by atoms with Gasteiger partial charge in [0.1, 0.15) is 5.75 Å². The van der Waals surface area contributed by atoms with Gasteiger partial charge in [-0.05, 0) is 53.7 Å². The molecule has 1 fully saturated rings. The number of rotatable bonds is 7. The predicted octanol–water partition coefficient (Wildman–Crippen LogP) is 3.56. The number of nitro benzene ring substituents is 1. The van der Waals surface area contributed by atoms with Crippen molar-refractivity contribution in [2.75, 3.05) is 27.4 Å². The van der Waals surface area contributed by atoms with Crippen molar-refractivity contribution in [3.63, 3.8) is 0 Å². The van der Waals surface area contributed by atoms with Gasteiger partial charge in [0.2, 0.25) is 0 Å². The van der Waals surface area contributed by atoms with E-state index >= 15 is 0 Å². The van der Waals surface area contributed by atoms with Gasteiger partial charge in [-0.1, -0.05) is 6.07 Å². The van der Waals surface area contributed by atoms with E-state index < -0.39 is 16.4 Å². The van der Waals surface area contributed by atoms with E-state index in [1.54, 1.807) is 38.5 Å². The molecule has 156 valence electrons. The van der Waals surface area contributed by atoms with Crippen LogP contribution in [0.25, 0.3) is 6.08 Å². The fraction of sp³-hybridized carbons (Fsp3) is 0.200. The normalized spacial score (nSPS) is 16.5. The van der Waals surface area contributed by atoms with E-state index in [1.807, 2.05) is 0 Å². The van der Waals surface area contributed by atoms with E-state index in [0.29, 0.717) is 40.2 Å². The summed E-state index contributed by atoms with van der Waals surface area (Å²) < 4.78 is 10.2. The minimum absolute atomic E-state index is 0.278. The maximum absolute atomic E-state index is 12.9. The average Bonchev–Trinajstić information content (AvgIpc) is 3.02. The van der Waals surface area contributed by atoms with Gasteiger partial charge in [0, 0.05) is 13.2 Å². The lowest BCUT2D eigenvalue weighted by atomic mass is 10.1. The molecule has 1 aliphatic heterocycles. The Kier molecular flexibility index (Phi) is 6.70. The zero-order valence-corrected chi connectivity index (χ0v) is 17.1. The van der Waals surface area contributed by atoms with Gasteiger partial charge in [-0.2, -0.15) is 0 Å². The quantitative estimate of drug-likeness (QED) is 0.406. The highest BCUT2D eigenvalue weighted by atomic mass is 32.2. The topological polar surface area (TPSA) is 114 Å². The highest BCUT2D eigenvalue weighted by molar-refractivity contribution is 8.18. The fourth-order valence-corrected chi connectivity index (χ4v) is 3.69. The zero-order valence-electron chi connectivity index (χ0n) is 16.3. The molecule has 30 heavy (non-hydrogen) atoms. The number of aromatic hydroxyl groups is 1. The van der Waals surface area contributed by atoms with Crippen molar-refractivity contribution in [1.82, 2.24) is 4.90 Å². The lowest BCUT2D eigenvalue weighted by Gasteiger charge is -2.14. The number of amidine groups is 1. The van der Waals surface area contributed by atoms with Crippen LogP contribution >= 0.6 is 11.8 Å². The number of hydrogen-bond acceptors (Lipinski definition) is 8. The third-order valence-corrected chi connectivity index (χ3v) is 5.20. The highest BCUT2D eigenvalue weighted by Crippen LogP contribution is 2.35. The van der Waals surface area contributed by atoms with E-state index in [4.69, 9.17) is 9.47 Å². The van der Waals surface area contributed by atoms with Crippen molar-refractivity contribution in [2.24, 2.45) is 4.99 Å². The molecule has 0 radical (unpaired) electrons. The maximum atomic E-state index is 12.9. The summed E-state index contributed by atoms with van der Waals surface area (Å²) >= 11 is 1.16. The summed E-state index contributed by atoms with van der Waals surface area (Å²) in [6, 6.07) is 11.0. The third-order valence-electron chi connectivity index (χ3n) is 4.20. The van der Waals surface area contributed by atoms with Crippen molar-refractivity contribution in [3.05, 3.63) is 63.0 Å². The molecule has 0 saturated carbocycles. The molecule has 10 heteroatoms. The van der Waals surface area contributed by atoms with Crippen molar-refractivity contribution < 1.29 is 24.3 Å². The number of nitro groups is 1. The van der Waals surface area contributed by atoms with Gasteiger partial charge in [0.15, 0.2) is 10.9 Å². The SMILES string of the molecule is COCCN1C(=O)/C(=C/c2ccc(O)c([N+](=O)[O-])c2)SC1=Nc1ccc(OC)cc1. The van der Waals surface area contributed by atoms with E-state index in [2.05, 4.69) is 4.99 Å². The van der Waals surface area contributed by atoms with Gasteiger partial charge in [0.25, 0.3) is 5.91 Å². The molecule has 0 spiro atoms. The van der Waals surface area contributed by atoms with Crippen LogP contribution in [0.2, 0.25) is 0 Å². The average molecular weight is 429 g/mol. The molecule has 0 bridgehead atoms. The van der Waals surface area contributed by atoms with Crippen LogP contribution in [-0.2, 0) is 9.53 Å². The number of phenols is 1. The smallest absolute Gasteiger partial charge is 0.311 e. The Morgan fingerprint density at radius 3 is 2.60 bits per heavy atom. The number of hydrogen-bond donors (Lipinski definition) is 1. The van der Waals surface area contributed by atoms with Crippen LogP contribution in [0.1, 0.15) is 5.56 Å². The molecular weight excluding hydrogens is 410 g/mol. The molecule has 3 rings (SSSR count). The Hall–Kier alpha value is -3.37. The lowest BCUT2D eigenvalue weighted by Crippen LogP contribution is -2.32. The van der Waals surface area contributed by atoms with E-state index in [9.17, 15) is 20.0 Å². The van der Waals surface area contributed by atoms with Crippen molar-refractivity contribution >= 4 is 40.3 Å². The molecule has 2 aromatic carbocycles. The number of phenolic OH excluding ortho intramolecular Hbond substituents is 1. The van der Waals surface area contributed by atoms with E-state index in [1.165, 1.54) is 29.2 Å². The van der Waals surface area contributed by atoms with Gasteiger partial charge in [-0.25, -0.2) is 4.99 Å². The number of aliphatic imine (C=N–C) groups is 1. The van der Waals surface area contributed by atoms with Gasteiger partial charge in [-0.3, -0.25) is 19.8 Å². The first-order valence-corrected chi connectivity index (χ1v) is 9.65. The van der Waals surface area contributed by atoms with Crippen LogP contribution < -0.4 is 4.74 Å². The third kappa shape index (κ3) is 4.78. The molecule has 1 heterocycles. The summed E-state index contributed by atoms with van der Waals surface area (Å²) in [5.74, 6) is -0.0177. The molecule has 1 aliphatic rings. The van der Waals surface area contributed by atoms with Crippen LogP contribution in [-0.4, -0.2) is 53.4 Å². The number of amides is 1. The summed E-state index contributed by atoms with van der Waals surface area (Å²) in [6.45, 7) is 0.635. The number of nitrogens with zero attached hydrogens (tertiary/aromatic N) is 3. The van der Waals surface area contributed by atoms with Gasteiger partial charge in [0.05, 0.1) is 35.8 Å². The van der Waals surface area contributed by atoms with Crippen LogP contribution in [0.3, 0.4) is 0 Å². The van der Waals surface area contributed by atoms with E-state index in [-0.39, 0.29) is 5.91 Å². The first-order valence-electron chi connectivity index (χ1n) is 8.83. The van der Waals surface area contributed by atoms with Crippen molar-refractivity contribution in [1.29, 1.82) is 0 Å². The summed E-state index contributed by atoms with van der Waals surface area (Å²) in [5, 5.41) is 21.1. The lowest BCUT2D eigenvalue weighted by molar-refractivity contribution is -0.385. The Labute approximate surface area is 176 Å². The molecule has 0 aliphatic carbocycles. The molecule has 9 nitrogen and oxygen atoms in total. The number of carbonyl (C=O) groups excluding carboxylic acids is 1. The molecule has 0 unspecified atom stereocenters. The zero-order chi connectivity index (χ0) is 21.7. The van der Waals surface area contributed by atoms with Crippen LogP contribution in [0.5, 0.6) is 11.5 Å². The van der Waals surface area contributed by atoms with Crippen LogP contribution in [0, 0.1) is 10.1 Å². The second kappa shape index (κ2) is 9.42. The fourth-order valence-electron chi connectivity index (χ4n) is 2.67. The molecule has 0 atom stereocenters. The number of ether oxygens (including phenoxy) is 2. The largest absolute Gasteiger partial charge is 0.502 e. The van der Waals surface area contributed by atoms with Gasteiger partial charge in [-0.15, -0.1) is 0 Å². The van der Waals surface area contributed by atoms with E-state index in [0.717, 1.165) is 11.8 Å². The summed E-state index contributed by atoms with van der Waals surface area (Å²) in [4.78, 5) is 29.7. The first-order chi connectivity index (χ1) is 14.4. The van der Waals surface area contributed by atoms with Crippen LogP contribution in [0.15, 0.2) is 52.4 Å². The summed E-state index contributed by atoms with van der Waals surface area (Å²) in [6.07, 6.45) is 1.54. The molecule has 2 aromatic rings. The Balaban J connectivity index is 1.94. The predicted molar refractivity (Wildman–Crippen MR) is 114 cm³/mol. The second-order valence-electron chi connectivity index (χ2n) is 6.16. The number of benzene rings is 2. The van der Waals surface area contributed by atoms with Gasteiger partial charge >= 0.3 is 5.69 Å². The van der Waals surface area contributed by atoms with Crippen molar-refractivity contribution in [3.8, 4) is 11.5 Å².